The molecule has 3 N–H and O–H groups in total. The van der Waals surface area contributed by atoms with Crippen LogP contribution in [0.1, 0.15) is 29.7 Å². The molecule has 2 aromatic heterocycles. The highest BCUT2D eigenvalue weighted by Crippen LogP contribution is 2.31. The van der Waals surface area contributed by atoms with E-state index in [1.165, 1.54) is 0 Å². The second-order valence-electron chi connectivity index (χ2n) is 11.1. The van der Waals surface area contributed by atoms with Crippen molar-refractivity contribution in [3.05, 3.63) is 78.4 Å². The number of anilines is 2. The lowest BCUT2D eigenvalue weighted by Gasteiger charge is -2.32. The summed E-state index contributed by atoms with van der Waals surface area (Å²) in [5, 5.41) is 2.88. The van der Waals surface area contributed by atoms with Gasteiger partial charge in [-0.2, -0.15) is 0 Å². The van der Waals surface area contributed by atoms with Crippen LogP contribution in [0.25, 0.3) is 16.7 Å². The Balaban J connectivity index is 1.22. The molecule has 2 fully saturated rings. The van der Waals surface area contributed by atoms with Crippen molar-refractivity contribution in [2.45, 2.75) is 31.9 Å². The van der Waals surface area contributed by atoms with Crippen molar-refractivity contribution in [3.8, 4) is 11.1 Å². The summed E-state index contributed by atoms with van der Waals surface area (Å²) in [6.45, 7) is 10.2. The first-order chi connectivity index (χ1) is 19.6. The van der Waals surface area contributed by atoms with E-state index in [9.17, 15) is 13.6 Å². The summed E-state index contributed by atoms with van der Waals surface area (Å²) in [6.07, 6.45) is 4.91. The van der Waals surface area contributed by atoms with Crippen LogP contribution in [-0.4, -0.2) is 82.8 Å². The van der Waals surface area contributed by atoms with Crippen LogP contribution in [0.2, 0.25) is 0 Å². The molecule has 1 amide bonds. The molecular formula is C31H37F2N7O. The monoisotopic (exact) mass is 561 g/mol. The summed E-state index contributed by atoms with van der Waals surface area (Å²) in [4.78, 5) is 28.7. The molecule has 4 heterocycles. The van der Waals surface area contributed by atoms with Crippen LogP contribution >= 0.6 is 0 Å². The summed E-state index contributed by atoms with van der Waals surface area (Å²) < 4.78 is 27.1. The van der Waals surface area contributed by atoms with Gasteiger partial charge in [0.05, 0.1) is 17.6 Å². The van der Waals surface area contributed by atoms with E-state index < -0.39 is 5.92 Å². The van der Waals surface area contributed by atoms with Gasteiger partial charge in [-0.1, -0.05) is 12.6 Å². The topological polar surface area (TPSA) is 90.6 Å². The summed E-state index contributed by atoms with van der Waals surface area (Å²) >= 11 is 0. The first kappa shape index (κ1) is 28.8. The number of aromatic nitrogens is 2. The number of amides is 1. The minimum atomic E-state index is -2.57. The molecule has 0 aliphatic carbocycles. The Morgan fingerprint density at radius 2 is 1.68 bits per heavy atom. The van der Waals surface area contributed by atoms with Crippen LogP contribution in [0.15, 0.2) is 61.6 Å². The zero-order valence-electron chi connectivity index (χ0n) is 23.5. The number of benzene rings is 1. The Hall–Kier alpha value is -3.73. The number of hydrogen-bond donors (Lipinski definition) is 2. The number of piperazine rings is 1. The number of carbonyl (C=O) groups is 1. The molecule has 10 heteroatoms. The van der Waals surface area contributed by atoms with E-state index in [1.807, 2.05) is 35.2 Å². The Bertz CT molecular complexity index is 1380. The first-order valence-electron chi connectivity index (χ1n) is 14.0. The highest BCUT2D eigenvalue weighted by Gasteiger charge is 2.33. The van der Waals surface area contributed by atoms with E-state index in [1.54, 1.807) is 24.7 Å². The van der Waals surface area contributed by atoms with Crippen molar-refractivity contribution < 1.29 is 13.6 Å². The van der Waals surface area contributed by atoms with Gasteiger partial charge in [0, 0.05) is 100.0 Å². The van der Waals surface area contributed by atoms with Crippen LogP contribution in [0, 0.1) is 0 Å². The van der Waals surface area contributed by atoms with Gasteiger partial charge in [0.25, 0.3) is 11.8 Å². The molecule has 0 atom stereocenters. The number of hydrogen-bond acceptors (Lipinski definition) is 7. The Morgan fingerprint density at radius 3 is 2.39 bits per heavy atom. The molecule has 8 nitrogen and oxygen atoms in total. The van der Waals surface area contributed by atoms with Crippen molar-refractivity contribution in [2.24, 2.45) is 0 Å². The number of halogens is 2. The molecule has 5 rings (SSSR count). The standard InChI is InChI=1S/C31H37F2N7O/c1-22(30(41)37-26-4-5-27(36-19-26)21-40-13-11-38(2)12-14-40)28-16-24(3-6-29(28)34)25-15-23(17-35-18-25)20-39-9-7-31(32,33)8-10-39/h3-6,15-19H,1,7-14,20-21,34H2,2H3,(H,37,41). The van der Waals surface area contributed by atoms with Crippen molar-refractivity contribution in [1.82, 2.24) is 24.7 Å². The zero-order chi connectivity index (χ0) is 29.0. The average molecular weight is 562 g/mol. The molecule has 0 saturated carbocycles. The van der Waals surface area contributed by atoms with E-state index in [0.29, 0.717) is 36.6 Å². The maximum absolute atomic E-state index is 13.5. The van der Waals surface area contributed by atoms with Gasteiger partial charge in [0.2, 0.25) is 0 Å². The lowest BCUT2D eigenvalue weighted by molar-refractivity contribution is -0.111. The lowest BCUT2D eigenvalue weighted by atomic mass is 9.97. The SMILES string of the molecule is C=C(C(=O)Nc1ccc(CN2CCN(C)CC2)nc1)c1cc(-c2cncc(CN3CCC(F)(F)CC3)c2)ccc1N. The summed E-state index contributed by atoms with van der Waals surface area (Å²) in [5.41, 5.74) is 11.6. The van der Waals surface area contributed by atoms with Gasteiger partial charge >= 0.3 is 0 Å². The van der Waals surface area contributed by atoms with E-state index >= 15 is 0 Å². The Kier molecular flexibility index (Phi) is 8.72. The number of piperidine rings is 1. The van der Waals surface area contributed by atoms with E-state index in [2.05, 4.69) is 38.7 Å². The molecule has 41 heavy (non-hydrogen) atoms. The number of nitrogens with one attached hydrogen (secondary N) is 1. The molecule has 3 aromatic rings. The van der Waals surface area contributed by atoms with E-state index in [-0.39, 0.29) is 24.3 Å². The van der Waals surface area contributed by atoms with Gasteiger partial charge in [-0.25, -0.2) is 8.78 Å². The number of likely N-dealkylation sites (N-methyl/N-ethyl adjacent to an activating group) is 1. The summed E-state index contributed by atoms with van der Waals surface area (Å²) in [6, 6.07) is 11.2. The van der Waals surface area contributed by atoms with Crippen LogP contribution in [-0.2, 0) is 17.9 Å². The molecule has 1 aromatic carbocycles. The minimum absolute atomic E-state index is 0.123. The highest BCUT2D eigenvalue weighted by atomic mass is 19.3. The molecule has 0 spiro atoms. The molecular weight excluding hydrogens is 524 g/mol. The summed E-state index contributed by atoms with van der Waals surface area (Å²) in [5.74, 6) is -2.94. The van der Waals surface area contributed by atoms with Gasteiger partial charge in [-0.3, -0.25) is 24.6 Å². The van der Waals surface area contributed by atoms with Crippen LogP contribution in [0.3, 0.4) is 0 Å². The van der Waals surface area contributed by atoms with Crippen molar-refractivity contribution >= 4 is 22.9 Å². The number of likely N-dealkylation sites (tertiary alicyclic amines) is 1. The number of rotatable bonds is 8. The molecule has 2 saturated heterocycles. The number of nitrogen functional groups attached to an aromatic ring is 1. The van der Waals surface area contributed by atoms with Crippen LogP contribution < -0.4 is 11.1 Å². The number of nitrogens with zero attached hydrogens (tertiary/aromatic N) is 5. The predicted octanol–water partition coefficient (Wildman–Crippen LogP) is 4.36. The molecule has 0 bridgehead atoms. The lowest BCUT2D eigenvalue weighted by Crippen LogP contribution is -2.43. The van der Waals surface area contributed by atoms with Gasteiger partial charge in [-0.05, 0) is 48.5 Å². The second-order valence-corrected chi connectivity index (χ2v) is 11.1. The van der Waals surface area contributed by atoms with Crippen molar-refractivity contribution in [2.75, 3.05) is 57.4 Å². The van der Waals surface area contributed by atoms with Gasteiger partial charge in [0.15, 0.2) is 0 Å². The quantitative estimate of drug-likeness (QED) is 0.312. The number of pyridine rings is 2. The largest absolute Gasteiger partial charge is 0.398 e. The first-order valence-corrected chi connectivity index (χ1v) is 14.0. The Morgan fingerprint density at radius 1 is 0.951 bits per heavy atom. The van der Waals surface area contributed by atoms with Crippen molar-refractivity contribution in [1.29, 1.82) is 0 Å². The number of carbonyl (C=O) groups excluding carboxylic acids is 1. The normalized spacial score (nSPS) is 18.2. The molecule has 2 aliphatic rings. The Labute approximate surface area is 239 Å². The molecule has 0 radical (unpaired) electrons. The molecule has 0 unspecified atom stereocenters. The van der Waals surface area contributed by atoms with Gasteiger partial charge < -0.3 is 16.0 Å². The fourth-order valence-electron chi connectivity index (χ4n) is 5.18. The molecule has 216 valence electrons. The van der Waals surface area contributed by atoms with Crippen LogP contribution in [0.4, 0.5) is 20.2 Å². The third-order valence-electron chi connectivity index (χ3n) is 7.84. The highest BCUT2D eigenvalue weighted by molar-refractivity contribution is 6.25. The van der Waals surface area contributed by atoms with Crippen LogP contribution in [0.5, 0.6) is 0 Å². The minimum Gasteiger partial charge on any atom is -0.398 e. The van der Waals surface area contributed by atoms with E-state index in [4.69, 9.17) is 5.73 Å². The smallest absolute Gasteiger partial charge is 0.255 e. The van der Waals surface area contributed by atoms with Crippen molar-refractivity contribution in [3.63, 3.8) is 0 Å². The summed E-state index contributed by atoms with van der Waals surface area (Å²) in [7, 11) is 2.13. The maximum atomic E-state index is 13.5. The maximum Gasteiger partial charge on any atom is 0.255 e. The average Bonchev–Trinajstić information content (AvgIpc) is 2.96. The molecule has 2 aliphatic heterocycles. The third kappa shape index (κ3) is 7.52. The number of nitrogens with two attached hydrogens (primary N) is 1. The second kappa shape index (κ2) is 12.4. The fourth-order valence-corrected chi connectivity index (χ4v) is 5.18. The third-order valence-corrected chi connectivity index (χ3v) is 7.84. The number of alkyl halides is 2. The van der Waals surface area contributed by atoms with Gasteiger partial charge in [-0.15, -0.1) is 0 Å². The van der Waals surface area contributed by atoms with E-state index in [0.717, 1.165) is 55.1 Å². The van der Waals surface area contributed by atoms with Gasteiger partial charge in [0.1, 0.15) is 0 Å². The predicted molar refractivity (Wildman–Crippen MR) is 158 cm³/mol. The fraction of sp³-hybridized carbons (Fsp3) is 0.387. The zero-order valence-corrected chi connectivity index (χ0v) is 23.5.